The predicted molar refractivity (Wildman–Crippen MR) is 125 cm³/mol. The van der Waals surface area contributed by atoms with Crippen LogP contribution in [0.5, 0.6) is 23.0 Å². The molecule has 0 N–H and O–H groups in total. The number of ether oxygens (including phenoxy) is 4. The van der Waals surface area contributed by atoms with Gasteiger partial charge in [0.2, 0.25) is 0 Å². The van der Waals surface area contributed by atoms with Gasteiger partial charge in [0, 0.05) is 12.1 Å². The molecule has 1 heterocycles. The molecule has 0 bridgehead atoms. The number of para-hydroxylation sites is 2. The van der Waals surface area contributed by atoms with Crippen molar-refractivity contribution in [3.8, 4) is 23.0 Å². The number of methoxy groups -OCH3 is 2. The van der Waals surface area contributed by atoms with E-state index >= 15 is 0 Å². The van der Waals surface area contributed by atoms with E-state index in [4.69, 9.17) is 28.9 Å². The summed E-state index contributed by atoms with van der Waals surface area (Å²) in [6, 6.07) is 17.4. The molecule has 34 heavy (non-hydrogen) atoms. The van der Waals surface area contributed by atoms with Crippen molar-refractivity contribution in [2.24, 2.45) is 0 Å². The maximum absolute atomic E-state index is 11.4. The smallest absolute Gasteiger partial charge is 0.153 e. The van der Waals surface area contributed by atoms with Gasteiger partial charge in [0.1, 0.15) is 47.6 Å². The topological polar surface area (TPSA) is 96.8 Å². The molecule has 8 heteroatoms. The average molecular weight is 458 g/mol. The molecular formula is C26H22N2O6. The third kappa shape index (κ3) is 4.96. The van der Waals surface area contributed by atoms with Crippen molar-refractivity contribution in [1.82, 2.24) is 9.97 Å². The maximum Gasteiger partial charge on any atom is 0.153 e. The van der Waals surface area contributed by atoms with E-state index in [1.165, 1.54) is 14.2 Å². The lowest BCUT2D eigenvalue weighted by molar-refractivity contribution is 0.111. The van der Waals surface area contributed by atoms with Crippen LogP contribution >= 0.6 is 0 Å². The second kappa shape index (κ2) is 10.4. The number of aldehydes is 2. The van der Waals surface area contributed by atoms with Gasteiger partial charge in [-0.2, -0.15) is 0 Å². The number of aromatic nitrogens is 2. The first-order valence-corrected chi connectivity index (χ1v) is 10.4. The van der Waals surface area contributed by atoms with Crippen molar-refractivity contribution < 1.29 is 28.5 Å². The number of rotatable bonds is 10. The standard InChI is InChI=1S/C26H22N2O6/c1-31-19-9-7-17(13-29)25(11-19)33-15-23-24(28-22-6-4-3-5-21(22)27-23)16-34-26-12-20(32-2)10-8-18(26)14-30/h3-14H,15-16H2,1-2H3. The Kier molecular flexibility index (Phi) is 6.98. The molecule has 0 aliphatic heterocycles. The largest absolute Gasteiger partial charge is 0.497 e. The Morgan fingerprint density at radius 3 is 1.50 bits per heavy atom. The van der Waals surface area contributed by atoms with E-state index < -0.39 is 0 Å². The molecule has 0 saturated heterocycles. The van der Waals surface area contributed by atoms with Crippen molar-refractivity contribution in [3.05, 3.63) is 83.2 Å². The lowest BCUT2D eigenvalue weighted by Gasteiger charge is -2.14. The van der Waals surface area contributed by atoms with E-state index in [0.29, 0.717) is 69.1 Å². The van der Waals surface area contributed by atoms with Gasteiger partial charge >= 0.3 is 0 Å². The summed E-state index contributed by atoms with van der Waals surface area (Å²) in [7, 11) is 3.08. The van der Waals surface area contributed by atoms with Gasteiger partial charge in [0.15, 0.2) is 12.6 Å². The molecule has 3 aromatic carbocycles. The number of benzene rings is 3. The van der Waals surface area contributed by atoms with Crippen molar-refractivity contribution in [2.75, 3.05) is 14.2 Å². The maximum atomic E-state index is 11.4. The molecule has 172 valence electrons. The van der Waals surface area contributed by atoms with E-state index in [1.54, 1.807) is 36.4 Å². The number of hydrogen-bond donors (Lipinski definition) is 0. The zero-order chi connectivity index (χ0) is 23.9. The van der Waals surface area contributed by atoms with Gasteiger partial charge in [-0.15, -0.1) is 0 Å². The SMILES string of the molecule is COc1ccc(C=O)c(OCc2nc3ccccc3nc2COc2cc(OC)ccc2C=O)c1. The van der Waals surface area contributed by atoms with Gasteiger partial charge in [-0.3, -0.25) is 9.59 Å². The lowest BCUT2D eigenvalue weighted by atomic mass is 10.2. The Morgan fingerprint density at radius 1 is 0.676 bits per heavy atom. The summed E-state index contributed by atoms with van der Waals surface area (Å²) in [5.74, 6) is 1.86. The van der Waals surface area contributed by atoms with E-state index in [2.05, 4.69) is 0 Å². The summed E-state index contributed by atoms with van der Waals surface area (Å²) in [5, 5.41) is 0. The van der Waals surface area contributed by atoms with E-state index in [9.17, 15) is 9.59 Å². The van der Waals surface area contributed by atoms with Crippen LogP contribution in [0.4, 0.5) is 0 Å². The Labute approximate surface area is 196 Å². The van der Waals surface area contributed by atoms with Crippen molar-refractivity contribution in [3.63, 3.8) is 0 Å². The highest BCUT2D eigenvalue weighted by Crippen LogP contribution is 2.27. The second-order valence-corrected chi connectivity index (χ2v) is 7.23. The van der Waals surface area contributed by atoms with Crippen LogP contribution in [0.3, 0.4) is 0 Å². The minimum Gasteiger partial charge on any atom is -0.497 e. The summed E-state index contributed by atoms with van der Waals surface area (Å²) in [6.07, 6.45) is 1.43. The van der Waals surface area contributed by atoms with E-state index in [-0.39, 0.29) is 13.2 Å². The summed E-state index contributed by atoms with van der Waals surface area (Å²) < 4.78 is 22.3. The molecule has 4 aromatic rings. The van der Waals surface area contributed by atoms with Gasteiger partial charge in [0.05, 0.1) is 36.4 Å². The van der Waals surface area contributed by atoms with Crippen LogP contribution in [-0.2, 0) is 13.2 Å². The normalized spacial score (nSPS) is 10.5. The van der Waals surface area contributed by atoms with Gasteiger partial charge in [0.25, 0.3) is 0 Å². The van der Waals surface area contributed by atoms with Crippen LogP contribution in [0.2, 0.25) is 0 Å². The summed E-state index contributed by atoms with van der Waals surface area (Å²) in [6.45, 7) is 0.0897. The molecule has 0 amide bonds. The third-order valence-corrected chi connectivity index (χ3v) is 5.15. The quantitative estimate of drug-likeness (QED) is 0.322. The predicted octanol–water partition coefficient (Wildman–Crippen LogP) is 4.43. The number of hydrogen-bond acceptors (Lipinski definition) is 8. The lowest BCUT2D eigenvalue weighted by Crippen LogP contribution is -2.10. The highest BCUT2D eigenvalue weighted by molar-refractivity contribution is 5.80. The van der Waals surface area contributed by atoms with Crippen LogP contribution in [-0.4, -0.2) is 36.8 Å². The Hall–Kier alpha value is -4.46. The van der Waals surface area contributed by atoms with Crippen LogP contribution in [0.25, 0.3) is 11.0 Å². The van der Waals surface area contributed by atoms with E-state index in [1.807, 2.05) is 24.3 Å². The monoisotopic (exact) mass is 458 g/mol. The number of fused-ring (bicyclic) bond motifs is 1. The van der Waals surface area contributed by atoms with Gasteiger partial charge in [-0.1, -0.05) is 12.1 Å². The zero-order valence-corrected chi connectivity index (χ0v) is 18.7. The number of carbonyl (C=O) groups excluding carboxylic acids is 2. The first-order chi connectivity index (χ1) is 16.6. The average Bonchev–Trinajstić information content (AvgIpc) is 2.89. The molecule has 0 aliphatic rings. The molecule has 0 spiro atoms. The molecule has 0 aliphatic carbocycles. The first kappa shape index (κ1) is 22.7. The van der Waals surface area contributed by atoms with Gasteiger partial charge in [-0.25, -0.2) is 9.97 Å². The van der Waals surface area contributed by atoms with E-state index in [0.717, 1.165) is 0 Å². The van der Waals surface area contributed by atoms with Crippen LogP contribution in [0, 0.1) is 0 Å². The summed E-state index contributed by atoms with van der Waals surface area (Å²) in [4.78, 5) is 32.3. The molecule has 0 radical (unpaired) electrons. The fourth-order valence-corrected chi connectivity index (χ4v) is 3.32. The van der Waals surface area contributed by atoms with Gasteiger partial charge in [-0.05, 0) is 36.4 Å². The van der Waals surface area contributed by atoms with Crippen molar-refractivity contribution >= 4 is 23.6 Å². The Balaban J connectivity index is 1.65. The molecule has 0 unspecified atom stereocenters. The van der Waals surface area contributed by atoms with Crippen molar-refractivity contribution in [2.45, 2.75) is 13.2 Å². The number of carbonyl (C=O) groups is 2. The molecule has 0 fully saturated rings. The molecule has 1 aromatic heterocycles. The minimum absolute atomic E-state index is 0.0448. The molecular weight excluding hydrogens is 436 g/mol. The highest BCUT2D eigenvalue weighted by Gasteiger charge is 2.14. The molecule has 8 nitrogen and oxygen atoms in total. The zero-order valence-electron chi connectivity index (χ0n) is 18.7. The number of nitrogens with zero attached hydrogens (tertiary/aromatic N) is 2. The Morgan fingerprint density at radius 2 is 1.12 bits per heavy atom. The van der Waals surface area contributed by atoms with Crippen LogP contribution in [0.1, 0.15) is 32.1 Å². The van der Waals surface area contributed by atoms with Crippen LogP contribution < -0.4 is 18.9 Å². The summed E-state index contributed by atoms with van der Waals surface area (Å²) >= 11 is 0. The third-order valence-electron chi connectivity index (χ3n) is 5.15. The Bertz CT molecular complexity index is 1240. The summed E-state index contributed by atoms with van der Waals surface area (Å²) in [5.41, 5.74) is 3.24. The molecule has 0 saturated carbocycles. The van der Waals surface area contributed by atoms with Crippen LogP contribution in [0.15, 0.2) is 60.7 Å². The fraction of sp³-hybridized carbons (Fsp3) is 0.154. The second-order valence-electron chi connectivity index (χ2n) is 7.23. The fourth-order valence-electron chi connectivity index (χ4n) is 3.32. The van der Waals surface area contributed by atoms with Gasteiger partial charge < -0.3 is 18.9 Å². The molecule has 4 rings (SSSR count). The first-order valence-electron chi connectivity index (χ1n) is 10.4. The molecule has 0 atom stereocenters. The highest BCUT2D eigenvalue weighted by atomic mass is 16.5. The van der Waals surface area contributed by atoms with Crippen molar-refractivity contribution in [1.29, 1.82) is 0 Å². The minimum atomic E-state index is 0.0448.